The number of benzene rings is 2. The topological polar surface area (TPSA) is 59.2 Å². The zero-order valence-electron chi connectivity index (χ0n) is 21.0. The highest BCUT2D eigenvalue weighted by Crippen LogP contribution is 2.32. The second-order valence-corrected chi connectivity index (χ2v) is 10.0. The van der Waals surface area contributed by atoms with Gasteiger partial charge >= 0.3 is 0 Å². The maximum atomic E-state index is 14.0. The summed E-state index contributed by atoms with van der Waals surface area (Å²) in [6.45, 7) is 9.12. The molecular weight excluding hydrogens is 434 g/mol. The van der Waals surface area contributed by atoms with Crippen LogP contribution in [0.2, 0.25) is 0 Å². The van der Waals surface area contributed by atoms with Gasteiger partial charge in [0, 0.05) is 42.0 Å². The lowest BCUT2D eigenvalue weighted by atomic mass is 9.86. The van der Waals surface area contributed by atoms with Gasteiger partial charge < -0.3 is 9.32 Å². The van der Waals surface area contributed by atoms with Gasteiger partial charge in [-0.3, -0.25) is 9.78 Å². The fourth-order valence-corrected chi connectivity index (χ4v) is 5.27. The van der Waals surface area contributed by atoms with Crippen molar-refractivity contribution in [2.45, 2.75) is 59.4 Å². The minimum absolute atomic E-state index is 0.106. The summed E-state index contributed by atoms with van der Waals surface area (Å²) in [7, 11) is 0. The van der Waals surface area contributed by atoms with Crippen LogP contribution >= 0.6 is 0 Å². The summed E-state index contributed by atoms with van der Waals surface area (Å²) in [5.41, 5.74) is 7.63. The molecule has 2 atom stereocenters. The number of pyridine rings is 1. The standard InChI is InChI=1S/C30H33N3O2/c1-19-7-11-24(23-10-9-22(4)31-18-23)25(16-19)30(34)33-15-5-6-21(3)27(33)12-14-29-32-26-17-20(2)8-13-28(26)35-29/h7-11,13,16-18,21,27H,5-6,12,14-15H2,1-4H3/t21-,27-/m1/s1. The van der Waals surface area contributed by atoms with E-state index in [1.54, 1.807) is 0 Å². The van der Waals surface area contributed by atoms with Gasteiger partial charge in [-0.15, -0.1) is 0 Å². The first kappa shape index (κ1) is 23.3. The van der Waals surface area contributed by atoms with Crippen molar-refractivity contribution in [2.24, 2.45) is 5.92 Å². The Labute approximate surface area is 207 Å². The van der Waals surface area contributed by atoms with E-state index in [1.165, 1.54) is 5.56 Å². The predicted octanol–water partition coefficient (Wildman–Crippen LogP) is 6.69. The highest BCUT2D eigenvalue weighted by molar-refractivity contribution is 6.01. The van der Waals surface area contributed by atoms with Crippen LogP contribution in [0.5, 0.6) is 0 Å². The number of nitrogens with zero attached hydrogens (tertiary/aromatic N) is 3. The highest BCUT2D eigenvalue weighted by Gasteiger charge is 2.33. The Morgan fingerprint density at radius 2 is 1.86 bits per heavy atom. The lowest BCUT2D eigenvalue weighted by molar-refractivity contribution is 0.0497. The number of hydrogen-bond donors (Lipinski definition) is 0. The van der Waals surface area contributed by atoms with E-state index in [0.717, 1.165) is 77.2 Å². The molecule has 1 saturated heterocycles. The van der Waals surface area contributed by atoms with E-state index in [-0.39, 0.29) is 11.9 Å². The first-order valence-corrected chi connectivity index (χ1v) is 12.6. The number of carbonyl (C=O) groups excluding carboxylic acids is 1. The van der Waals surface area contributed by atoms with Gasteiger partial charge in [0.2, 0.25) is 0 Å². The molecule has 2 aromatic carbocycles. The Morgan fingerprint density at radius 3 is 2.66 bits per heavy atom. The molecule has 0 N–H and O–H groups in total. The van der Waals surface area contributed by atoms with Crippen molar-refractivity contribution in [3.63, 3.8) is 0 Å². The minimum Gasteiger partial charge on any atom is -0.441 e. The third-order valence-electron chi connectivity index (χ3n) is 7.25. The summed E-state index contributed by atoms with van der Waals surface area (Å²) in [4.78, 5) is 25.3. The number of amides is 1. The molecule has 0 bridgehead atoms. The van der Waals surface area contributed by atoms with Crippen molar-refractivity contribution in [3.8, 4) is 11.1 Å². The second kappa shape index (κ2) is 9.65. The van der Waals surface area contributed by atoms with E-state index in [1.807, 2.05) is 44.3 Å². The molecule has 1 fully saturated rings. The van der Waals surface area contributed by atoms with Crippen molar-refractivity contribution in [3.05, 3.63) is 83.0 Å². The lowest BCUT2D eigenvalue weighted by Crippen LogP contribution is -2.48. The van der Waals surface area contributed by atoms with Crippen LogP contribution in [0.3, 0.4) is 0 Å². The molecule has 5 heteroatoms. The molecule has 1 aliphatic heterocycles. The number of carbonyl (C=O) groups is 1. The Morgan fingerprint density at radius 1 is 1.06 bits per heavy atom. The van der Waals surface area contributed by atoms with Crippen LogP contribution in [-0.4, -0.2) is 33.4 Å². The average molecular weight is 468 g/mol. The zero-order chi connectivity index (χ0) is 24.5. The molecule has 1 amide bonds. The predicted molar refractivity (Wildman–Crippen MR) is 139 cm³/mol. The zero-order valence-corrected chi connectivity index (χ0v) is 21.0. The van der Waals surface area contributed by atoms with Gasteiger partial charge in [0.15, 0.2) is 11.5 Å². The monoisotopic (exact) mass is 467 g/mol. The van der Waals surface area contributed by atoms with Crippen LogP contribution in [0.1, 0.15) is 59.3 Å². The number of fused-ring (bicyclic) bond motifs is 1. The van der Waals surface area contributed by atoms with E-state index in [4.69, 9.17) is 9.40 Å². The molecule has 1 aliphatic rings. The van der Waals surface area contributed by atoms with E-state index < -0.39 is 0 Å². The van der Waals surface area contributed by atoms with Gasteiger partial charge in [-0.1, -0.05) is 36.8 Å². The quantitative estimate of drug-likeness (QED) is 0.328. The molecule has 0 spiro atoms. The lowest BCUT2D eigenvalue weighted by Gasteiger charge is -2.40. The molecule has 0 saturated carbocycles. The molecule has 0 aliphatic carbocycles. The summed E-state index contributed by atoms with van der Waals surface area (Å²) < 4.78 is 6.01. The molecule has 0 unspecified atom stereocenters. The van der Waals surface area contributed by atoms with Crippen LogP contribution in [0.4, 0.5) is 0 Å². The first-order chi connectivity index (χ1) is 16.9. The summed E-state index contributed by atoms with van der Waals surface area (Å²) in [6, 6.07) is 16.4. The molecule has 5 rings (SSSR count). The molecule has 4 aromatic rings. The first-order valence-electron chi connectivity index (χ1n) is 12.6. The number of aromatic nitrogens is 2. The summed E-state index contributed by atoms with van der Waals surface area (Å²) in [5.74, 6) is 1.28. The fraction of sp³-hybridized carbons (Fsp3) is 0.367. The Balaban J connectivity index is 1.42. The van der Waals surface area contributed by atoms with E-state index in [9.17, 15) is 4.79 Å². The van der Waals surface area contributed by atoms with Gasteiger partial charge in [-0.05, 0) is 81.3 Å². The van der Waals surface area contributed by atoms with Crippen molar-refractivity contribution in [1.29, 1.82) is 0 Å². The molecule has 2 aromatic heterocycles. The van der Waals surface area contributed by atoms with E-state index in [0.29, 0.717) is 5.92 Å². The SMILES string of the molecule is Cc1ccc(-c2ccc(C)nc2)c(C(=O)N2CCC[C@@H](C)[C@H]2CCc2nc3cc(C)ccc3o2)c1. The molecule has 0 radical (unpaired) electrons. The smallest absolute Gasteiger partial charge is 0.254 e. The summed E-state index contributed by atoms with van der Waals surface area (Å²) >= 11 is 0. The maximum Gasteiger partial charge on any atom is 0.254 e. The number of aryl methyl sites for hydroxylation is 4. The van der Waals surface area contributed by atoms with Gasteiger partial charge in [0.05, 0.1) is 0 Å². The Bertz CT molecular complexity index is 1360. The molecule has 180 valence electrons. The Kier molecular flexibility index (Phi) is 6.42. The van der Waals surface area contributed by atoms with Gasteiger partial charge in [0.1, 0.15) is 5.52 Å². The fourth-order valence-electron chi connectivity index (χ4n) is 5.27. The largest absolute Gasteiger partial charge is 0.441 e. The van der Waals surface area contributed by atoms with E-state index >= 15 is 0 Å². The van der Waals surface area contributed by atoms with Crippen LogP contribution < -0.4 is 0 Å². The molecule has 35 heavy (non-hydrogen) atoms. The number of hydrogen-bond acceptors (Lipinski definition) is 4. The van der Waals surface area contributed by atoms with Gasteiger partial charge in [0.25, 0.3) is 5.91 Å². The normalized spacial score (nSPS) is 18.2. The van der Waals surface area contributed by atoms with Crippen LogP contribution in [-0.2, 0) is 6.42 Å². The number of likely N-dealkylation sites (tertiary alicyclic amines) is 1. The number of rotatable bonds is 5. The number of oxazole rings is 1. The average Bonchev–Trinajstić information content (AvgIpc) is 3.25. The van der Waals surface area contributed by atoms with Gasteiger partial charge in [-0.25, -0.2) is 4.98 Å². The van der Waals surface area contributed by atoms with Crippen LogP contribution in [0, 0.1) is 26.7 Å². The molecule has 5 nitrogen and oxygen atoms in total. The van der Waals surface area contributed by atoms with Crippen LogP contribution in [0.15, 0.2) is 59.1 Å². The van der Waals surface area contributed by atoms with Crippen molar-refractivity contribution < 1.29 is 9.21 Å². The van der Waals surface area contributed by atoms with Gasteiger partial charge in [-0.2, -0.15) is 0 Å². The third kappa shape index (κ3) is 4.86. The van der Waals surface area contributed by atoms with Crippen LogP contribution in [0.25, 0.3) is 22.2 Å². The van der Waals surface area contributed by atoms with E-state index in [2.05, 4.69) is 48.0 Å². The Hall–Kier alpha value is -3.47. The second-order valence-electron chi connectivity index (χ2n) is 10.0. The van der Waals surface area contributed by atoms with Crippen molar-refractivity contribution in [2.75, 3.05) is 6.54 Å². The summed E-state index contributed by atoms with van der Waals surface area (Å²) in [6.07, 6.45) is 5.58. The third-order valence-corrected chi connectivity index (χ3v) is 7.25. The van der Waals surface area contributed by atoms with Crippen molar-refractivity contribution >= 4 is 17.0 Å². The number of piperidine rings is 1. The molecule has 3 heterocycles. The molecular formula is C30H33N3O2. The summed E-state index contributed by atoms with van der Waals surface area (Å²) in [5, 5.41) is 0. The highest BCUT2D eigenvalue weighted by atomic mass is 16.3. The minimum atomic E-state index is 0.106. The maximum absolute atomic E-state index is 14.0. The van der Waals surface area contributed by atoms with Crippen molar-refractivity contribution in [1.82, 2.24) is 14.9 Å².